The summed E-state index contributed by atoms with van der Waals surface area (Å²) in [4.78, 5) is 22.7. The molecule has 1 aromatic carbocycles. The number of rotatable bonds is 2. The summed E-state index contributed by atoms with van der Waals surface area (Å²) in [5, 5.41) is 14.2. The maximum Gasteiger partial charge on any atom is 0.490 e. The van der Waals surface area contributed by atoms with Gasteiger partial charge in [0.25, 0.3) is 0 Å². The average molecular weight is 532 g/mol. The van der Waals surface area contributed by atoms with Crippen molar-refractivity contribution in [1.29, 1.82) is 0 Å². The number of halogens is 6. The standard InChI is InChI=1S/C17H24N2O3.2C2HF3O2/c1-18-5-4-17(10-18)11-19(6-7-20-12-17)9-14-2-3-15-16(8-14)22-13-21-15;2*3-2(4,5)1(6)7/h2-3,8H,4-7,9-13H2,1H3;2*(H,6,7). The van der Waals surface area contributed by atoms with E-state index in [9.17, 15) is 26.3 Å². The van der Waals surface area contributed by atoms with Gasteiger partial charge < -0.3 is 29.3 Å². The molecule has 4 rings (SSSR count). The number of alkyl halides is 6. The number of nitrogens with zero attached hydrogens (tertiary/aromatic N) is 2. The molecule has 2 saturated heterocycles. The molecular weight excluding hydrogens is 506 g/mol. The molecule has 1 aromatic rings. The lowest BCUT2D eigenvalue weighted by molar-refractivity contribution is -0.193. The van der Waals surface area contributed by atoms with Gasteiger partial charge in [0.05, 0.1) is 13.2 Å². The molecule has 204 valence electrons. The van der Waals surface area contributed by atoms with Crippen LogP contribution in [0.25, 0.3) is 0 Å². The third-order valence-corrected chi connectivity index (χ3v) is 5.48. The smallest absolute Gasteiger partial charge is 0.475 e. The molecule has 0 amide bonds. The zero-order valence-corrected chi connectivity index (χ0v) is 19.2. The van der Waals surface area contributed by atoms with E-state index in [4.69, 9.17) is 34.0 Å². The number of ether oxygens (including phenoxy) is 3. The van der Waals surface area contributed by atoms with E-state index in [0.717, 1.165) is 50.9 Å². The third kappa shape index (κ3) is 9.02. The zero-order valence-electron chi connectivity index (χ0n) is 19.2. The second-order valence-electron chi connectivity index (χ2n) is 8.54. The molecule has 2 N–H and O–H groups in total. The predicted molar refractivity (Wildman–Crippen MR) is 111 cm³/mol. The predicted octanol–water partition coefficient (Wildman–Crippen LogP) is 2.84. The molecule has 3 heterocycles. The molecule has 9 nitrogen and oxygen atoms in total. The number of aliphatic carboxylic acids is 2. The van der Waals surface area contributed by atoms with Gasteiger partial charge in [-0.05, 0) is 37.7 Å². The fraction of sp³-hybridized carbons (Fsp3) is 0.619. The highest BCUT2D eigenvalue weighted by atomic mass is 19.4. The highest BCUT2D eigenvalue weighted by Gasteiger charge is 2.40. The topological polar surface area (TPSA) is 109 Å². The van der Waals surface area contributed by atoms with Crippen LogP contribution in [0, 0.1) is 5.41 Å². The minimum atomic E-state index is -5.08. The molecule has 36 heavy (non-hydrogen) atoms. The lowest BCUT2D eigenvalue weighted by Gasteiger charge is -2.31. The Bertz CT molecular complexity index is 888. The van der Waals surface area contributed by atoms with E-state index >= 15 is 0 Å². The van der Waals surface area contributed by atoms with Crippen LogP contribution < -0.4 is 9.47 Å². The van der Waals surface area contributed by atoms with Gasteiger partial charge in [0, 0.05) is 31.6 Å². The highest BCUT2D eigenvalue weighted by molar-refractivity contribution is 5.73. The van der Waals surface area contributed by atoms with Crippen LogP contribution in [-0.4, -0.2) is 97.5 Å². The van der Waals surface area contributed by atoms with Gasteiger partial charge in [-0.25, -0.2) is 9.59 Å². The molecule has 2 fully saturated rings. The largest absolute Gasteiger partial charge is 0.490 e. The van der Waals surface area contributed by atoms with Gasteiger partial charge in [-0.3, -0.25) is 4.90 Å². The molecular formula is C21H26F6N2O7. The number of carbonyl (C=O) groups is 2. The maximum atomic E-state index is 10.6. The number of benzene rings is 1. The first kappa shape index (κ1) is 29.5. The van der Waals surface area contributed by atoms with Crippen molar-refractivity contribution in [2.24, 2.45) is 5.41 Å². The minimum Gasteiger partial charge on any atom is -0.475 e. The first-order valence-corrected chi connectivity index (χ1v) is 10.6. The van der Waals surface area contributed by atoms with Gasteiger partial charge in [-0.15, -0.1) is 0 Å². The molecule has 0 saturated carbocycles. The van der Waals surface area contributed by atoms with Crippen molar-refractivity contribution in [1.82, 2.24) is 9.80 Å². The Balaban J connectivity index is 0.000000271. The summed E-state index contributed by atoms with van der Waals surface area (Å²) in [5.41, 5.74) is 1.59. The normalized spacial score (nSPS) is 22.2. The van der Waals surface area contributed by atoms with Gasteiger partial charge in [0.1, 0.15) is 0 Å². The Morgan fingerprint density at radius 3 is 2.08 bits per heavy atom. The van der Waals surface area contributed by atoms with Crippen LogP contribution in [0.1, 0.15) is 12.0 Å². The van der Waals surface area contributed by atoms with E-state index in [1.54, 1.807) is 0 Å². The van der Waals surface area contributed by atoms with Gasteiger partial charge in [-0.2, -0.15) is 26.3 Å². The molecule has 15 heteroatoms. The summed E-state index contributed by atoms with van der Waals surface area (Å²) in [5.74, 6) is -3.78. The summed E-state index contributed by atoms with van der Waals surface area (Å²) in [6.45, 7) is 7.46. The van der Waals surface area contributed by atoms with Crippen LogP contribution in [0.3, 0.4) is 0 Å². The minimum absolute atomic E-state index is 0.307. The summed E-state index contributed by atoms with van der Waals surface area (Å²) in [7, 11) is 2.21. The lowest BCUT2D eigenvalue weighted by atomic mass is 9.87. The van der Waals surface area contributed by atoms with Crippen molar-refractivity contribution in [2.75, 3.05) is 53.2 Å². The molecule has 0 bridgehead atoms. The van der Waals surface area contributed by atoms with E-state index in [1.165, 1.54) is 18.5 Å². The van der Waals surface area contributed by atoms with Crippen molar-refractivity contribution < 1.29 is 60.4 Å². The van der Waals surface area contributed by atoms with Crippen LogP contribution in [0.5, 0.6) is 11.5 Å². The van der Waals surface area contributed by atoms with Crippen LogP contribution in [0.15, 0.2) is 18.2 Å². The molecule has 0 aliphatic carbocycles. The van der Waals surface area contributed by atoms with E-state index in [-0.39, 0.29) is 0 Å². The summed E-state index contributed by atoms with van der Waals surface area (Å²) in [6, 6.07) is 6.28. The van der Waals surface area contributed by atoms with Gasteiger partial charge in [-0.1, -0.05) is 6.07 Å². The van der Waals surface area contributed by atoms with E-state index in [1.807, 2.05) is 6.07 Å². The zero-order chi connectivity index (χ0) is 27.1. The van der Waals surface area contributed by atoms with E-state index in [2.05, 4.69) is 29.0 Å². The third-order valence-electron chi connectivity index (χ3n) is 5.48. The van der Waals surface area contributed by atoms with Crippen molar-refractivity contribution in [3.05, 3.63) is 23.8 Å². The van der Waals surface area contributed by atoms with Crippen LogP contribution in [0.4, 0.5) is 26.3 Å². The van der Waals surface area contributed by atoms with Gasteiger partial charge >= 0.3 is 24.3 Å². The number of fused-ring (bicyclic) bond motifs is 1. The number of likely N-dealkylation sites (tertiary alicyclic amines) is 1. The summed E-state index contributed by atoms with van der Waals surface area (Å²) in [6.07, 6.45) is -8.93. The fourth-order valence-corrected chi connectivity index (χ4v) is 3.92. The monoisotopic (exact) mass is 532 g/mol. The number of carboxylic acid groups (broad SMARTS) is 2. The molecule has 1 unspecified atom stereocenters. The first-order valence-electron chi connectivity index (χ1n) is 10.6. The van der Waals surface area contributed by atoms with E-state index in [0.29, 0.717) is 12.2 Å². The Morgan fingerprint density at radius 1 is 0.972 bits per heavy atom. The molecule has 3 aliphatic rings. The quantitative estimate of drug-likeness (QED) is 0.556. The Morgan fingerprint density at radius 2 is 1.56 bits per heavy atom. The average Bonchev–Trinajstić information content (AvgIpc) is 3.31. The molecule has 3 aliphatic heterocycles. The van der Waals surface area contributed by atoms with Gasteiger partial charge in [0.15, 0.2) is 11.5 Å². The highest BCUT2D eigenvalue weighted by Crippen LogP contribution is 2.35. The van der Waals surface area contributed by atoms with Crippen molar-refractivity contribution in [3.8, 4) is 11.5 Å². The van der Waals surface area contributed by atoms with Crippen LogP contribution >= 0.6 is 0 Å². The molecule has 0 radical (unpaired) electrons. The second-order valence-corrected chi connectivity index (χ2v) is 8.54. The number of hydrogen-bond donors (Lipinski definition) is 2. The molecule has 0 aromatic heterocycles. The molecule has 1 atom stereocenters. The Kier molecular flexibility index (Phi) is 9.79. The van der Waals surface area contributed by atoms with E-state index < -0.39 is 24.3 Å². The fourth-order valence-electron chi connectivity index (χ4n) is 3.92. The lowest BCUT2D eigenvalue weighted by Crippen LogP contribution is -2.40. The molecule has 1 spiro atoms. The van der Waals surface area contributed by atoms with Gasteiger partial charge in [0.2, 0.25) is 6.79 Å². The van der Waals surface area contributed by atoms with Crippen molar-refractivity contribution in [3.63, 3.8) is 0 Å². The van der Waals surface area contributed by atoms with Crippen LogP contribution in [0.2, 0.25) is 0 Å². The Hall–Kier alpha value is -2.78. The number of carboxylic acids is 2. The Labute approximate surface area is 202 Å². The SMILES string of the molecule is CN1CCC2(COCCN(Cc3ccc4c(c3)OCO4)C2)C1.O=C(O)C(F)(F)F.O=C(O)C(F)(F)F. The first-order chi connectivity index (χ1) is 16.6. The summed E-state index contributed by atoms with van der Waals surface area (Å²) >= 11 is 0. The maximum absolute atomic E-state index is 10.6. The van der Waals surface area contributed by atoms with Crippen LogP contribution in [-0.2, 0) is 20.9 Å². The number of hydrogen-bond acceptors (Lipinski definition) is 7. The summed E-state index contributed by atoms with van der Waals surface area (Å²) < 4.78 is 80.3. The second kappa shape index (κ2) is 12.0. The van der Waals surface area contributed by atoms with Crippen molar-refractivity contribution in [2.45, 2.75) is 25.3 Å². The van der Waals surface area contributed by atoms with Crippen molar-refractivity contribution >= 4 is 11.9 Å².